The van der Waals surface area contributed by atoms with Crippen molar-refractivity contribution < 1.29 is 17.9 Å². The van der Waals surface area contributed by atoms with Crippen molar-refractivity contribution in [1.29, 1.82) is 0 Å². The molecule has 3 rings (SSSR count). The molecule has 0 amide bonds. The lowest BCUT2D eigenvalue weighted by atomic mass is 10.0. The number of hydrogen-bond acceptors (Lipinski definition) is 4. The Labute approximate surface area is 138 Å². The van der Waals surface area contributed by atoms with Crippen molar-refractivity contribution in [3.05, 3.63) is 35.9 Å². The average Bonchev–Trinajstić information content (AvgIpc) is 3.31. The largest absolute Gasteiger partial charge is 0.376 e. The first-order chi connectivity index (χ1) is 11.0. The fraction of sp³-hybridized carbons (Fsp3) is 0.647. The van der Waals surface area contributed by atoms with Crippen molar-refractivity contribution in [3.63, 3.8) is 0 Å². The molecular weight excluding hydrogens is 314 g/mol. The van der Waals surface area contributed by atoms with E-state index < -0.39 is 15.6 Å². The summed E-state index contributed by atoms with van der Waals surface area (Å²) in [6.07, 6.45) is 2.92. The molecule has 1 aromatic carbocycles. The Morgan fingerprint density at radius 2 is 2.00 bits per heavy atom. The predicted octanol–water partition coefficient (Wildman–Crippen LogP) is 1.73. The topological polar surface area (TPSA) is 64.6 Å². The second kappa shape index (κ2) is 6.89. The van der Waals surface area contributed by atoms with Gasteiger partial charge in [-0.2, -0.15) is 0 Å². The van der Waals surface area contributed by atoms with Crippen LogP contribution in [0.4, 0.5) is 0 Å². The summed E-state index contributed by atoms with van der Waals surface area (Å²) in [6.45, 7) is 3.10. The zero-order valence-electron chi connectivity index (χ0n) is 13.5. The van der Waals surface area contributed by atoms with Gasteiger partial charge in [0.25, 0.3) is 0 Å². The predicted molar refractivity (Wildman–Crippen MR) is 88.8 cm³/mol. The van der Waals surface area contributed by atoms with Gasteiger partial charge in [0.1, 0.15) is 5.60 Å². The van der Waals surface area contributed by atoms with Crippen LogP contribution in [0.1, 0.15) is 25.3 Å². The van der Waals surface area contributed by atoms with Crippen LogP contribution < -0.4 is 4.72 Å². The van der Waals surface area contributed by atoms with E-state index >= 15 is 0 Å². The molecule has 2 atom stereocenters. The summed E-state index contributed by atoms with van der Waals surface area (Å²) in [5.74, 6) is 0.388. The van der Waals surface area contributed by atoms with Gasteiger partial charge in [-0.05, 0) is 37.7 Å². The van der Waals surface area contributed by atoms with E-state index in [1.165, 1.54) is 0 Å². The van der Waals surface area contributed by atoms with Crippen molar-refractivity contribution in [1.82, 2.24) is 4.72 Å². The summed E-state index contributed by atoms with van der Waals surface area (Å²) in [5.41, 5.74) is 0.404. The summed E-state index contributed by atoms with van der Waals surface area (Å²) in [6, 6.07) is 10.0. The molecule has 0 spiro atoms. The van der Waals surface area contributed by atoms with Crippen LogP contribution in [-0.2, 0) is 25.9 Å². The highest BCUT2D eigenvalue weighted by molar-refractivity contribution is 7.89. The Hall–Kier alpha value is -0.950. The van der Waals surface area contributed by atoms with E-state index in [2.05, 4.69) is 4.72 Å². The molecule has 0 aromatic heterocycles. The van der Waals surface area contributed by atoms with E-state index in [1.807, 2.05) is 30.3 Å². The molecule has 23 heavy (non-hydrogen) atoms. The third kappa shape index (κ3) is 5.01. The SMILES string of the molecule is CC1(CS(=O)(=O)NC(Cc2ccccc2)C2CC2)COCCO1. The minimum Gasteiger partial charge on any atom is -0.376 e. The lowest BCUT2D eigenvalue weighted by molar-refractivity contribution is -0.135. The molecule has 1 saturated carbocycles. The van der Waals surface area contributed by atoms with E-state index in [-0.39, 0.29) is 11.8 Å². The van der Waals surface area contributed by atoms with Crippen LogP contribution in [0.15, 0.2) is 30.3 Å². The maximum atomic E-state index is 12.6. The van der Waals surface area contributed by atoms with Gasteiger partial charge in [0, 0.05) is 6.04 Å². The minimum atomic E-state index is -3.42. The summed E-state index contributed by atoms with van der Waals surface area (Å²) in [5, 5.41) is 0. The van der Waals surface area contributed by atoms with Gasteiger partial charge in [-0.15, -0.1) is 0 Å². The minimum absolute atomic E-state index is 0.0319. The van der Waals surface area contributed by atoms with Gasteiger partial charge < -0.3 is 9.47 Å². The lowest BCUT2D eigenvalue weighted by Crippen LogP contribution is -2.50. The van der Waals surface area contributed by atoms with Crippen molar-refractivity contribution in [2.45, 2.75) is 37.8 Å². The molecule has 0 bridgehead atoms. The van der Waals surface area contributed by atoms with Crippen molar-refractivity contribution in [2.24, 2.45) is 5.92 Å². The maximum absolute atomic E-state index is 12.6. The summed E-state index contributed by atoms with van der Waals surface area (Å²) < 4.78 is 39.1. The molecular formula is C17H25NO4S. The number of sulfonamides is 1. The lowest BCUT2D eigenvalue weighted by Gasteiger charge is -2.33. The van der Waals surface area contributed by atoms with Crippen molar-refractivity contribution in [2.75, 3.05) is 25.6 Å². The van der Waals surface area contributed by atoms with Crippen LogP contribution in [0.25, 0.3) is 0 Å². The van der Waals surface area contributed by atoms with Gasteiger partial charge in [0.15, 0.2) is 0 Å². The summed E-state index contributed by atoms with van der Waals surface area (Å²) in [4.78, 5) is 0. The van der Waals surface area contributed by atoms with Crippen molar-refractivity contribution >= 4 is 10.0 Å². The van der Waals surface area contributed by atoms with Gasteiger partial charge in [-0.25, -0.2) is 13.1 Å². The van der Waals surface area contributed by atoms with Crippen LogP contribution >= 0.6 is 0 Å². The van der Waals surface area contributed by atoms with Gasteiger partial charge >= 0.3 is 0 Å². The molecule has 5 nitrogen and oxygen atoms in total. The molecule has 1 aliphatic heterocycles. The van der Waals surface area contributed by atoms with E-state index in [0.717, 1.165) is 24.8 Å². The smallest absolute Gasteiger partial charge is 0.214 e. The molecule has 0 radical (unpaired) electrons. The number of hydrogen-bond donors (Lipinski definition) is 1. The van der Waals surface area contributed by atoms with E-state index in [0.29, 0.717) is 25.7 Å². The van der Waals surface area contributed by atoms with Gasteiger partial charge in [-0.1, -0.05) is 30.3 Å². The summed E-state index contributed by atoms with van der Waals surface area (Å²) >= 11 is 0. The van der Waals surface area contributed by atoms with Crippen LogP contribution in [0.5, 0.6) is 0 Å². The number of ether oxygens (including phenoxy) is 2. The average molecular weight is 339 g/mol. The number of nitrogens with one attached hydrogen (secondary N) is 1. The molecule has 1 saturated heterocycles. The highest BCUT2D eigenvalue weighted by Gasteiger charge is 2.38. The van der Waals surface area contributed by atoms with E-state index in [1.54, 1.807) is 6.92 Å². The Morgan fingerprint density at radius 1 is 1.26 bits per heavy atom. The van der Waals surface area contributed by atoms with E-state index in [9.17, 15) is 8.42 Å². The Balaban J connectivity index is 1.64. The molecule has 2 fully saturated rings. The van der Waals surface area contributed by atoms with Crippen LogP contribution in [0.3, 0.4) is 0 Å². The van der Waals surface area contributed by atoms with Crippen LogP contribution in [0, 0.1) is 5.92 Å². The fourth-order valence-corrected chi connectivity index (χ4v) is 4.90. The highest BCUT2D eigenvalue weighted by Crippen LogP contribution is 2.34. The van der Waals surface area contributed by atoms with E-state index in [4.69, 9.17) is 9.47 Å². The quantitative estimate of drug-likeness (QED) is 0.822. The first-order valence-corrected chi connectivity index (χ1v) is 9.87. The first kappa shape index (κ1) is 16.9. The maximum Gasteiger partial charge on any atom is 0.214 e. The van der Waals surface area contributed by atoms with Crippen LogP contribution in [0.2, 0.25) is 0 Å². The third-order valence-electron chi connectivity index (χ3n) is 4.40. The van der Waals surface area contributed by atoms with Gasteiger partial charge in [-0.3, -0.25) is 0 Å². The van der Waals surface area contributed by atoms with Crippen LogP contribution in [-0.4, -0.2) is 45.6 Å². The normalized spacial score (nSPS) is 26.8. The standard InChI is InChI=1S/C17H25NO4S/c1-17(12-21-9-10-22-17)13-23(19,20)18-16(15-7-8-15)11-14-5-3-2-4-6-14/h2-6,15-16,18H,7-13H2,1H3. The monoisotopic (exact) mass is 339 g/mol. The fourth-order valence-electron chi connectivity index (χ4n) is 3.11. The molecule has 1 heterocycles. The zero-order valence-corrected chi connectivity index (χ0v) is 14.3. The molecule has 1 N–H and O–H groups in total. The molecule has 2 aliphatic rings. The molecule has 128 valence electrons. The molecule has 1 aromatic rings. The Morgan fingerprint density at radius 3 is 2.61 bits per heavy atom. The van der Waals surface area contributed by atoms with Crippen molar-refractivity contribution in [3.8, 4) is 0 Å². The second-order valence-electron chi connectivity index (χ2n) is 6.86. The molecule has 1 aliphatic carbocycles. The Kier molecular flexibility index (Phi) is 5.06. The molecule has 6 heteroatoms. The van der Waals surface area contributed by atoms with Gasteiger partial charge in [0.05, 0.1) is 25.6 Å². The second-order valence-corrected chi connectivity index (χ2v) is 8.62. The first-order valence-electron chi connectivity index (χ1n) is 8.21. The molecule has 2 unspecified atom stereocenters. The zero-order chi connectivity index (χ0) is 16.3. The van der Waals surface area contributed by atoms with Gasteiger partial charge in [0.2, 0.25) is 10.0 Å². The third-order valence-corrected chi connectivity index (χ3v) is 6.05. The summed E-state index contributed by atoms with van der Waals surface area (Å²) in [7, 11) is -3.42. The highest BCUT2D eigenvalue weighted by atomic mass is 32.2. The Bertz CT molecular complexity index is 607. The number of rotatable bonds is 7. The number of benzene rings is 1.